The van der Waals surface area contributed by atoms with Crippen molar-refractivity contribution in [1.29, 1.82) is 0 Å². The Bertz CT molecular complexity index is 461. The fraction of sp³-hybridized carbons (Fsp3) is 0.688. The molecule has 1 fully saturated rings. The molecule has 0 saturated carbocycles. The second-order valence-electron chi connectivity index (χ2n) is 5.71. The first kappa shape index (κ1) is 15.3. The van der Waals surface area contributed by atoms with E-state index < -0.39 is 0 Å². The number of rotatable bonds is 5. The van der Waals surface area contributed by atoms with E-state index >= 15 is 0 Å². The summed E-state index contributed by atoms with van der Waals surface area (Å²) in [5.41, 5.74) is 3.70. The molecule has 2 atom stereocenters. The Kier molecular flexibility index (Phi) is 5.00. The number of ether oxygens (including phenoxy) is 1. The minimum Gasteiger partial charge on any atom is -0.376 e. The highest BCUT2D eigenvalue weighted by molar-refractivity contribution is 5.52. The minimum atomic E-state index is 0.273. The van der Waals surface area contributed by atoms with Gasteiger partial charge in [0, 0.05) is 31.5 Å². The highest BCUT2D eigenvalue weighted by Gasteiger charge is 2.30. The lowest BCUT2D eigenvalue weighted by molar-refractivity contribution is 0.118. The van der Waals surface area contributed by atoms with Crippen molar-refractivity contribution in [1.82, 2.24) is 10.3 Å². The van der Waals surface area contributed by atoms with Crippen molar-refractivity contribution in [3.8, 4) is 0 Å². The number of nitrogens with zero attached hydrogens (tertiary/aromatic N) is 2. The maximum Gasteiger partial charge on any atom is 0.133 e. The maximum atomic E-state index is 5.70. The molecule has 1 aliphatic rings. The third-order valence-corrected chi connectivity index (χ3v) is 4.17. The van der Waals surface area contributed by atoms with E-state index in [2.05, 4.69) is 51.0 Å². The predicted octanol–water partition coefficient (Wildman–Crippen LogP) is 2.42. The van der Waals surface area contributed by atoms with Crippen LogP contribution in [-0.4, -0.2) is 37.3 Å². The molecule has 2 unspecified atom stereocenters. The van der Waals surface area contributed by atoms with Crippen molar-refractivity contribution in [3.05, 3.63) is 22.9 Å². The number of pyridine rings is 1. The summed E-state index contributed by atoms with van der Waals surface area (Å²) in [4.78, 5) is 7.11. The van der Waals surface area contributed by atoms with Crippen LogP contribution in [0.1, 0.15) is 37.1 Å². The molecular formula is C16H27N3O. The molecule has 2 rings (SSSR count). The molecule has 0 aliphatic carbocycles. The van der Waals surface area contributed by atoms with Gasteiger partial charge in [-0.2, -0.15) is 0 Å². The molecule has 1 aromatic rings. The van der Waals surface area contributed by atoms with Crippen LogP contribution in [0.15, 0.2) is 6.07 Å². The molecule has 1 saturated heterocycles. The van der Waals surface area contributed by atoms with Crippen LogP contribution >= 0.6 is 0 Å². The number of likely N-dealkylation sites (N-methyl/N-ethyl adjacent to an activating group) is 1. The molecule has 1 aliphatic heterocycles. The smallest absolute Gasteiger partial charge is 0.133 e. The number of hydrogen-bond donors (Lipinski definition) is 1. The van der Waals surface area contributed by atoms with Crippen LogP contribution in [0.2, 0.25) is 0 Å². The second kappa shape index (κ2) is 6.55. The van der Waals surface area contributed by atoms with E-state index in [1.807, 2.05) is 0 Å². The van der Waals surface area contributed by atoms with Gasteiger partial charge in [0.25, 0.3) is 0 Å². The number of hydrogen-bond acceptors (Lipinski definition) is 4. The van der Waals surface area contributed by atoms with Crippen molar-refractivity contribution >= 4 is 5.82 Å². The first-order valence-electron chi connectivity index (χ1n) is 7.56. The molecule has 0 amide bonds. The number of aryl methyl sites for hydroxylation is 2. The lowest BCUT2D eigenvalue weighted by atomic mass is 10.1. The number of nitrogens with one attached hydrogen (secondary N) is 1. The highest BCUT2D eigenvalue weighted by atomic mass is 16.5. The highest BCUT2D eigenvalue weighted by Crippen LogP contribution is 2.28. The van der Waals surface area contributed by atoms with E-state index in [0.29, 0.717) is 6.04 Å². The van der Waals surface area contributed by atoms with Gasteiger partial charge in [-0.15, -0.1) is 0 Å². The normalized spacial score (nSPS) is 22.2. The van der Waals surface area contributed by atoms with Gasteiger partial charge in [0.15, 0.2) is 0 Å². The molecule has 0 aromatic carbocycles. The van der Waals surface area contributed by atoms with E-state index in [1.54, 1.807) is 0 Å². The molecule has 1 aromatic heterocycles. The summed E-state index contributed by atoms with van der Waals surface area (Å²) in [7, 11) is 2.15. The Morgan fingerprint density at radius 1 is 1.45 bits per heavy atom. The lowest BCUT2D eigenvalue weighted by Gasteiger charge is -2.30. The summed E-state index contributed by atoms with van der Waals surface area (Å²) in [6.45, 7) is 11.2. The summed E-state index contributed by atoms with van der Waals surface area (Å²) in [6, 6.07) is 2.59. The van der Waals surface area contributed by atoms with Crippen LogP contribution in [-0.2, 0) is 11.3 Å². The molecule has 0 spiro atoms. The van der Waals surface area contributed by atoms with Gasteiger partial charge in [-0.3, -0.25) is 0 Å². The zero-order valence-electron chi connectivity index (χ0n) is 13.4. The maximum absolute atomic E-state index is 5.70. The molecule has 0 bridgehead atoms. The van der Waals surface area contributed by atoms with E-state index in [-0.39, 0.29) is 6.10 Å². The first-order chi connectivity index (χ1) is 9.54. The fourth-order valence-corrected chi connectivity index (χ4v) is 2.99. The quantitative estimate of drug-likeness (QED) is 0.897. The van der Waals surface area contributed by atoms with Gasteiger partial charge < -0.3 is 15.0 Å². The Hall–Kier alpha value is -1.13. The summed E-state index contributed by atoms with van der Waals surface area (Å²) in [6.07, 6.45) is 1.35. The van der Waals surface area contributed by atoms with Gasteiger partial charge in [0.2, 0.25) is 0 Å². The van der Waals surface area contributed by atoms with Gasteiger partial charge in [-0.05, 0) is 45.4 Å². The van der Waals surface area contributed by atoms with Gasteiger partial charge in [-0.1, -0.05) is 6.92 Å². The topological polar surface area (TPSA) is 37.4 Å². The standard InChI is InChI=1S/C16H27N3O/c1-6-17-10-14-11(2)9-12(3)18-16(14)19(5)15-7-8-20-13(15)4/h9,13,15,17H,6-8,10H2,1-5H3. The largest absolute Gasteiger partial charge is 0.376 e. The van der Waals surface area contributed by atoms with Crippen LogP contribution in [0, 0.1) is 13.8 Å². The van der Waals surface area contributed by atoms with Crippen LogP contribution in [0.3, 0.4) is 0 Å². The van der Waals surface area contributed by atoms with Crippen molar-refractivity contribution in [2.24, 2.45) is 0 Å². The number of anilines is 1. The average Bonchev–Trinajstić information content (AvgIpc) is 2.82. The van der Waals surface area contributed by atoms with Crippen LogP contribution in [0.5, 0.6) is 0 Å². The molecule has 112 valence electrons. The number of aromatic nitrogens is 1. The first-order valence-corrected chi connectivity index (χ1v) is 7.56. The summed E-state index contributed by atoms with van der Waals surface area (Å²) in [5.74, 6) is 1.10. The van der Waals surface area contributed by atoms with Crippen LogP contribution in [0.4, 0.5) is 5.82 Å². The Balaban J connectivity index is 2.32. The van der Waals surface area contributed by atoms with Crippen molar-refractivity contribution in [2.45, 2.75) is 52.8 Å². The van der Waals surface area contributed by atoms with Gasteiger partial charge >= 0.3 is 0 Å². The molecular weight excluding hydrogens is 250 g/mol. The SMILES string of the molecule is CCNCc1c(C)cc(C)nc1N(C)C1CCOC1C. The monoisotopic (exact) mass is 277 g/mol. The zero-order valence-corrected chi connectivity index (χ0v) is 13.4. The summed E-state index contributed by atoms with van der Waals surface area (Å²) < 4.78 is 5.70. The van der Waals surface area contributed by atoms with Crippen molar-refractivity contribution in [3.63, 3.8) is 0 Å². The average molecular weight is 277 g/mol. The van der Waals surface area contributed by atoms with Gasteiger partial charge in [0.1, 0.15) is 5.82 Å². The Morgan fingerprint density at radius 2 is 2.20 bits per heavy atom. The van der Waals surface area contributed by atoms with E-state index in [0.717, 1.165) is 37.6 Å². The molecule has 4 heteroatoms. The van der Waals surface area contributed by atoms with Crippen molar-refractivity contribution < 1.29 is 4.74 Å². The van der Waals surface area contributed by atoms with E-state index in [9.17, 15) is 0 Å². The Labute approximate surface area is 122 Å². The third-order valence-electron chi connectivity index (χ3n) is 4.17. The van der Waals surface area contributed by atoms with Gasteiger partial charge in [-0.25, -0.2) is 4.98 Å². The van der Waals surface area contributed by atoms with Crippen LogP contribution in [0.25, 0.3) is 0 Å². The van der Waals surface area contributed by atoms with Crippen LogP contribution < -0.4 is 10.2 Å². The predicted molar refractivity (Wildman–Crippen MR) is 83.3 cm³/mol. The summed E-state index contributed by atoms with van der Waals surface area (Å²) in [5, 5.41) is 3.42. The molecule has 1 N–H and O–H groups in total. The fourth-order valence-electron chi connectivity index (χ4n) is 2.99. The molecule has 0 radical (unpaired) electrons. The van der Waals surface area contributed by atoms with E-state index in [1.165, 1.54) is 11.1 Å². The third kappa shape index (κ3) is 3.13. The molecule has 2 heterocycles. The van der Waals surface area contributed by atoms with Crippen molar-refractivity contribution in [2.75, 3.05) is 25.1 Å². The second-order valence-corrected chi connectivity index (χ2v) is 5.71. The van der Waals surface area contributed by atoms with E-state index in [4.69, 9.17) is 9.72 Å². The Morgan fingerprint density at radius 3 is 2.80 bits per heavy atom. The lowest BCUT2D eigenvalue weighted by Crippen LogP contribution is -2.38. The minimum absolute atomic E-state index is 0.273. The summed E-state index contributed by atoms with van der Waals surface area (Å²) >= 11 is 0. The zero-order chi connectivity index (χ0) is 14.7. The molecule has 4 nitrogen and oxygen atoms in total. The molecule has 20 heavy (non-hydrogen) atoms. The van der Waals surface area contributed by atoms with Gasteiger partial charge in [0.05, 0.1) is 12.1 Å².